The Balaban J connectivity index is 1.99. The van der Waals surface area contributed by atoms with E-state index < -0.39 is 16.5 Å². The molecule has 2 rings (SSSR count). The van der Waals surface area contributed by atoms with E-state index in [1.54, 1.807) is 25.7 Å². The number of nitro benzene ring substituents is 1. The number of carboxylic acid groups (broad SMARTS) is 1. The van der Waals surface area contributed by atoms with E-state index in [0.29, 0.717) is 19.6 Å². The topological polar surface area (TPSA) is 122 Å². The Hall–Kier alpha value is -2.84. The number of carboxylic acids is 1. The SMILES string of the molecule is CC(C)(C)OC(=O)N1CC[C@H](CNc2cc(C(=O)O)ccc2[N+](=O)[O-])C1. The van der Waals surface area contributed by atoms with Gasteiger partial charge in [0.05, 0.1) is 10.5 Å². The van der Waals surface area contributed by atoms with E-state index in [4.69, 9.17) is 9.84 Å². The summed E-state index contributed by atoms with van der Waals surface area (Å²) >= 11 is 0. The molecule has 9 heteroatoms. The number of ether oxygens (including phenoxy) is 1. The highest BCUT2D eigenvalue weighted by atomic mass is 16.6. The molecule has 1 atom stereocenters. The number of amides is 1. The number of carbonyl (C=O) groups excluding carboxylic acids is 1. The van der Waals surface area contributed by atoms with Crippen molar-refractivity contribution in [1.82, 2.24) is 4.90 Å². The smallest absolute Gasteiger partial charge is 0.410 e. The van der Waals surface area contributed by atoms with Gasteiger partial charge in [-0.05, 0) is 45.2 Å². The molecule has 0 aromatic heterocycles. The number of nitrogens with zero attached hydrogens (tertiary/aromatic N) is 2. The summed E-state index contributed by atoms with van der Waals surface area (Å²) in [5.74, 6) is -1.06. The molecule has 142 valence electrons. The maximum absolute atomic E-state index is 12.1. The van der Waals surface area contributed by atoms with E-state index in [-0.39, 0.29) is 28.9 Å². The number of aromatic carboxylic acids is 1. The van der Waals surface area contributed by atoms with Crippen LogP contribution in [-0.2, 0) is 4.74 Å². The van der Waals surface area contributed by atoms with Crippen LogP contribution in [0.3, 0.4) is 0 Å². The molecule has 1 saturated heterocycles. The average molecular weight is 365 g/mol. The zero-order chi connectivity index (χ0) is 19.5. The largest absolute Gasteiger partial charge is 0.478 e. The minimum Gasteiger partial charge on any atom is -0.478 e. The molecule has 0 spiro atoms. The first-order chi connectivity index (χ1) is 12.1. The van der Waals surface area contributed by atoms with Crippen LogP contribution < -0.4 is 5.32 Å². The van der Waals surface area contributed by atoms with Crippen molar-refractivity contribution in [3.63, 3.8) is 0 Å². The van der Waals surface area contributed by atoms with E-state index in [9.17, 15) is 19.7 Å². The van der Waals surface area contributed by atoms with Gasteiger partial charge in [-0.1, -0.05) is 0 Å². The Bertz CT molecular complexity index is 713. The third-order valence-electron chi connectivity index (χ3n) is 3.96. The van der Waals surface area contributed by atoms with E-state index in [2.05, 4.69) is 5.32 Å². The zero-order valence-corrected chi connectivity index (χ0v) is 15.0. The summed E-state index contributed by atoms with van der Waals surface area (Å²) < 4.78 is 5.34. The zero-order valence-electron chi connectivity index (χ0n) is 15.0. The fourth-order valence-corrected chi connectivity index (χ4v) is 2.72. The summed E-state index contributed by atoms with van der Waals surface area (Å²) in [7, 11) is 0. The summed E-state index contributed by atoms with van der Waals surface area (Å²) in [6, 6.07) is 3.62. The van der Waals surface area contributed by atoms with Crippen LogP contribution in [0, 0.1) is 16.0 Å². The van der Waals surface area contributed by atoms with Gasteiger partial charge in [0, 0.05) is 25.7 Å². The third-order valence-corrected chi connectivity index (χ3v) is 3.96. The van der Waals surface area contributed by atoms with Crippen LogP contribution >= 0.6 is 0 Å². The van der Waals surface area contributed by atoms with E-state index in [1.807, 2.05) is 0 Å². The lowest BCUT2D eigenvalue weighted by Gasteiger charge is -2.24. The molecule has 1 aliphatic rings. The number of hydrogen-bond donors (Lipinski definition) is 2. The van der Waals surface area contributed by atoms with Crippen molar-refractivity contribution in [3.05, 3.63) is 33.9 Å². The average Bonchev–Trinajstić information content (AvgIpc) is 3.00. The molecule has 1 aliphatic heterocycles. The monoisotopic (exact) mass is 365 g/mol. The maximum Gasteiger partial charge on any atom is 0.410 e. The second-order valence-electron chi connectivity index (χ2n) is 7.26. The highest BCUT2D eigenvalue weighted by Gasteiger charge is 2.30. The number of likely N-dealkylation sites (tertiary alicyclic amines) is 1. The number of anilines is 1. The molecular weight excluding hydrogens is 342 g/mol. The van der Waals surface area contributed by atoms with Gasteiger partial charge in [0.25, 0.3) is 5.69 Å². The Kier molecular flexibility index (Phi) is 5.69. The summed E-state index contributed by atoms with van der Waals surface area (Å²) in [6.07, 6.45) is 0.359. The second kappa shape index (κ2) is 7.59. The second-order valence-corrected chi connectivity index (χ2v) is 7.26. The maximum atomic E-state index is 12.1. The molecule has 9 nitrogen and oxygen atoms in total. The van der Waals surface area contributed by atoms with Crippen LogP contribution in [0.2, 0.25) is 0 Å². The van der Waals surface area contributed by atoms with Crippen LogP contribution in [0.4, 0.5) is 16.2 Å². The van der Waals surface area contributed by atoms with Gasteiger partial charge in [-0.3, -0.25) is 10.1 Å². The van der Waals surface area contributed by atoms with E-state index in [1.165, 1.54) is 18.2 Å². The Morgan fingerprint density at radius 1 is 1.42 bits per heavy atom. The van der Waals surface area contributed by atoms with Crippen molar-refractivity contribution in [3.8, 4) is 0 Å². The molecule has 0 unspecified atom stereocenters. The first-order valence-electron chi connectivity index (χ1n) is 8.30. The number of hydrogen-bond acceptors (Lipinski definition) is 6. The molecule has 1 aromatic carbocycles. The Morgan fingerprint density at radius 2 is 2.12 bits per heavy atom. The number of nitrogens with one attached hydrogen (secondary N) is 1. The summed E-state index contributed by atoms with van der Waals surface area (Å²) in [4.78, 5) is 35.3. The third kappa shape index (κ3) is 5.08. The minimum atomic E-state index is -1.15. The summed E-state index contributed by atoms with van der Waals surface area (Å²) in [6.45, 7) is 6.83. The van der Waals surface area contributed by atoms with E-state index in [0.717, 1.165) is 6.42 Å². The van der Waals surface area contributed by atoms with Gasteiger partial charge in [0.15, 0.2) is 0 Å². The highest BCUT2D eigenvalue weighted by Crippen LogP contribution is 2.27. The van der Waals surface area contributed by atoms with Crippen LogP contribution in [0.1, 0.15) is 37.6 Å². The van der Waals surface area contributed by atoms with Crippen molar-refractivity contribution in [2.75, 3.05) is 25.0 Å². The summed E-state index contributed by atoms with van der Waals surface area (Å²) in [5, 5.41) is 23.1. The molecule has 1 aromatic rings. The van der Waals surface area contributed by atoms with Crippen LogP contribution in [-0.4, -0.2) is 52.2 Å². The number of rotatable bonds is 5. The lowest BCUT2D eigenvalue weighted by atomic mass is 10.1. The predicted octanol–water partition coefficient (Wildman–Crippen LogP) is 2.96. The van der Waals surface area contributed by atoms with Gasteiger partial charge in [0.2, 0.25) is 0 Å². The van der Waals surface area contributed by atoms with Crippen molar-refractivity contribution < 1.29 is 24.4 Å². The number of carbonyl (C=O) groups is 2. The van der Waals surface area contributed by atoms with Gasteiger partial charge in [-0.2, -0.15) is 0 Å². The normalized spacial score (nSPS) is 17.0. The van der Waals surface area contributed by atoms with Crippen molar-refractivity contribution in [1.29, 1.82) is 0 Å². The molecule has 0 aliphatic carbocycles. The Morgan fingerprint density at radius 3 is 2.69 bits per heavy atom. The fraction of sp³-hybridized carbons (Fsp3) is 0.529. The van der Waals surface area contributed by atoms with Gasteiger partial charge in [-0.25, -0.2) is 9.59 Å². The predicted molar refractivity (Wildman–Crippen MR) is 94.5 cm³/mol. The molecule has 0 radical (unpaired) electrons. The van der Waals surface area contributed by atoms with E-state index >= 15 is 0 Å². The van der Waals surface area contributed by atoms with Crippen LogP contribution in [0.25, 0.3) is 0 Å². The van der Waals surface area contributed by atoms with Crippen molar-refractivity contribution >= 4 is 23.4 Å². The molecular formula is C17H23N3O6. The van der Waals surface area contributed by atoms with Crippen molar-refractivity contribution in [2.24, 2.45) is 5.92 Å². The van der Waals surface area contributed by atoms with Gasteiger partial charge >= 0.3 is 12.1 Å². The quantitative estimate of drug-likeness (QED) is 0.607. The summed E-state index contributed by atoms with van der Waals surface area (Å²) in [5.41, 5.74) is -0.617. The molecule has 26 heavy (non-hydrogen) atoms. The highest BCUT2D eigenvalue weighted by molar-refractivity contribution is 5.90. The minimum absolute atomic E-state index is 0.0279. The van der Waals surface area contributed by atoms with Gasteiger partial charge < -0.3 is 20.1 Å². The molecule has 1 heterocycles. The van der Waals surface area contributed by atoms with Crippen LogP contribution in [0.5, 0.6) is 0 Å². The van der Waals surface area contributed by atoms with Crippen LogP contribution in [0.15, 0.2) is 18.2 Å². The number of nitro groups is 1. The number of benzene rings is 1. The van der Waals surface area contributed by atoms with Gasteiger partial charge in [-0.15, -0.1) is 0 Å². The first kappa shape index (κ1) is 19.5. The first-order valence-corrected chi connectivity index (χ1v) is 8.30. The lowest BCUT2D eigenvalue weighted by molar-refractivity contribution is -0.384. The van der Waals surface area contributed by atoms with Gasteiger partial charge in [0.1, 0.15) is 11.3 Å². The lowest BCUT2D eigenvalue weighted by Crippen LogP contribution is -2.35. The van der Waals surface area contributed by atoms with Crippen molar-refractivity contribution in [2.45, 2.75) is 32.8 Å². The molecule has 1 fully saturated rings. The molecule has 2 N–H and O–H groups in total. The molecule has 0 saturated carbocycles. The standard InChI is InChI=1S/C17H23N3O6/c1-17(2,3)26-16(23)19-7-6-11(10-19)9-18-13-8-12(15(21)22)4-5-14(13)20(24)25/h4-5,8,11,18H,6-7,9-10H2,1-3H3,(H,21,22)/t11-/m1/s1. The molecule has 1 amide bonds. The fourth-order valence-electron chi connectivity index (χ4n) is 2.72. The molecule has 0 bridgehead atoms. The Labute approximate surface area is 151 Å².